The monoisotopic (exact) mass is 407 g/mol. The van der Waals surface area contributed by atoms with Crippen LogP contribution in [-0.2, 0) is 9.84 Å². The van der Waals surface area contributed by atoms with Gasteiger partial charge in [0.2, 0.25) is 0 Å². The lowest BCUT2D eigenvalue weighted by molar-refractivity contribution is 0.0949. The standard InChI is InChI=1S/C19H15F2NO3S2/c20-13-7-9-14(10-8-13)27(24,25)18(17-6-3-11-26-17)12-22-19(23)15-4-1-2-5-16(15)21/h1-11,18H,12H2,(H,22,23)/t18-/m0/s1. The predicted molar refractivity (Wildman–Crippen MR) is 99.4 cm³/mol. The average Bonchev–Trinajstić information content (AvgIpc) is 3.16. The highest BCUT2D eigenvalue weighted by Gasteiger charge is 2.30. The first-order chi connectivity index (χ1) is 12.9. The van der Waals surface area contributed by atoms with E-state index in [1.165, 1.54) is 41.7 Å². The fourth-order valence-corrected chi connectivity index (χ4v) is 5.34. The lowest BCUT2D eigenvalue weighted by Crippen LogP contribution is -2.32. The summed E-state index contributed by atoms with van der Waals surface area (Å²) < 4.78 is 52.9. The number of amides is 1. The van der Waals surface area contributed by atoms with Gasteiger partial charge in [0.05, 0.1) is 10.5 Å². The summed E-state index contributed by atoms with van der Waals surface area (Å²) in [7, 11) is -3.89. The van der Waals surface area contributed by atoms with Crippen molar-refractivity contribution in [3.8, 4) is 0 Å². The second kappa shape index (κ2) is 7.98. The Morgan fingerprint density at radius 2 is 1.70 bits per heavy atom. The molecule has 1 heterocycles. The Hall–Kier alpha value is -2.58. The van der Waals surface area contributed by atoms with Crippen LogP contribution in [0.2, 0.25) is 0 Å². The minimum atomic E-state index is -3.89. The number of nitrogens with one attached hydrogen (secondary N) is 1. The van der Waals surface area contributed by atoms with E-state index in [0.29, 0.717) is 4.88 Å². The van der Waals surface area contributed by atoms with Gasteiger partial charge in [-0.05, 0) is 47.8 Å². The molecule has 0 bridgehead atoms. The van der Waals surface area contributed by atoms with Crippen LogP contribution in [0.1, 0.15) is 20.5 Å². The summed E-state index contributed by atoms with van der Waals surface area (Å²) in [6.07, 6.45) is 0. The van der Waals surface area contributed by atoms with Crippen LogP contribution in [0.3, 0.4) is 0 Å². The molecule has 1 atom stereocenters. The normalized spacial score (nSPS) is 12.5. The van der Waals surface area contributed by atoms with Crippen LogP contribution < -0.4 is 5.32 Å². The Morgan fingerprint density at radius 1 is 1.00 bits per heavy atom. The van der Waals surface area contributed by atoms with Gasteiger partial charge in [0.15, 0.2) is 9.84 Å². The largest absolute Gasteiger partial charge is 0.350 e. The fourth-order valence-electron chi connectivity index (χ4n) is 2.55. The molecule has 0 aliphatic heterocycles. The number of rotatable bonds is 6. The minimum Gasteiger partial charge on any atom is -0.350 e. The maximum absolute atomic E-state index is 13.8. The number of benzene rings is 2. The maximum atomic E-state index is 13.8. The van der Waals surface area contributed by atoms with Crippen molar-refractivity contribution < 1.29 is 22.0 Å². The van der Waals surface area contributed by atoms with Gasteiger partial charge in [-0.1, -0.05) is 18.2 Å². The van der Waals surface area contributed by atoms with Crippen molar-refractivity contribution in [2.24, 2.45) is 0 Å². The molecule has 0 spiro atoms. The van der Waals surface area contributed by atoms with Gasteiger partial charge >= 0.3 is 0 Å². The molecule has 0 aliphatic rings. The third-order valence-electron chi connectivity index (χ3n) is 3.94. The molecule has 2 aromatic carbocycles. The van der Waals surface area contributed by atoms with Gasteiger partial charge in [-0.3, -0.25) is 4.79 Å². The first-order valence-electron chi connectivity index (χ1n) is 7.95. The van der Waals surface area contributed by atoms with Gasteiger partial charge in [0.25, 0.3) is 5.91 Å². The summed E-state index contributed by atoms with van der Waals surface area (Å²) in [4.78, 5) is 12.7. The topological polar surface area (TPSA) is 63.2 Å². The maximum Gasteiger partial charge on any atom is 0.254 e. The molecule has 27 heavy (non-hydrogen) atoms. The Morgan fingerprint density at radius 3 is 2.33 bits per heavy atom. The molecule has 1 aromatic heterocycles. The quantitative estimate of drug-likeness (QED) is 0.629. The van der Waals surface area contributed by atoms with Crippen molar-refractivity contribution in [3.05, 3.63) is 88.1 Å². The number of hydrogen-bond acceptors (Lipinski definition) is 4. The van der Waals surface area contributed by atoms with Gasteiger partial charge in [0.1, 0.15) is 16.9 Å². The Bertz CT molecular complexity index is 1030. The number of hydrogen-bond donors (Lipinski definition) is 1. The highest BCUT2D eigenvalue weighted by molar-refractivity contribution is 7.91. The molecule has 4 nitrogen and oxygen atoms in total. The van der Waals surface area contributed by atoms with E-state index < -0.39 is 32.6 Å². The number of carbonyl (C=O) groups excluding carboxylic acids is 1. The van der Waals surface area contributed by atoms with Crippen molar-refractivity contribution in [2.75, 3.05) is 6.54 Å². The van der Waals surface area contributed by atoms with Crippen LogP contribution in [0.25, 0.3) is 0 Å². The molecule has 0 fully saturated rings. The van der Waals surface area contributed by atoms with Gasteiger partial charge in [0, 0.05) is 11.4 Å². The van der Waals surface area contributed by atoms with Crippen LogP contribution >= 0.6 is 11.3 Å². The van der Waals surface area contributed by atoms with E-state index >= 15 is 0 Å². The second-order valence-corrected chi connectivity index (χ2v) is 8.80. The summed E-state index contributed by atoms with van der Waals surface area (Å²) in [5.74, 6) is -1.94. The Labute approximate surface area is 159 Å². The van der Waals surface area contributed by atoms with Crippen molar-refractivity contribution in [1.29, 1.82) is 0 Å². The molecule has 8 heteroatoms. The summed E-state index contributed by atoms with van der Waals surface area (Å²) >= 11 is 1.23. The molecular formula is C19H15F2NO3S2. The molecule has 3 aromatic rings. The number of halogens is 2. The van der Waals surface area contributed by atoms with Crippen LogP contribution in [0, 0.1) is 11.6 Å². The number of sulfone groups is 1. The molecule has 0 radical (unpaired) electrons. The minimum absolute atomic E-state index is 0.0533. The van der Waals surface area contributed by atoms with Crippen molar-refractivity contribution in [3.63, 3.8) is 0 Å². The van der Waals surface area contributed by atoms with Crippen LogP contribution in [0.15, 0.2) is 70.9 Å². The highest BCUT2D eigenvalue weighted by atomic mass is 32.2. The van der Waals surface area contributed by atoms with Gasteiger partial charge in [-0.2, -0.15) is 0 Å². The molecule has 140 valence electrons. The van der Waals surface area contributed by atoms with E-state index in [1.807, 2.05) is 0 Å². The molecule has 0 aliphatic carbocycles. The van der Waals surface area contributed by atoms with Crippen LogP contribution in [0.5, 0.6) is 0 Å². The molecule has 0 saturated heterocycles. The Balaban J connectivity index is 1.88. The van der Waals surface area contributed by atoms with E-state index in [2.05, 4.69) is 5.32 Å². The van der Waals surface area contributed by atoms with Crippen molar-refractivity contribution in [2.45, 2.75) is 10.1 Å². The fraction of sp³-hybridized carbons (Fsp3) is 0.105. The summed E-state index contributed by atoms with van der Waals surface area (Å²) in [5, 5.41) is 3.14. The summed E-state index contributed by atoms with van der Waals surface area (Å²) in [5.41, 5.74) is -0.165. The van der Waals surface area contributed by atoms with Gasteiger partial charge in [-0.25, -0.2) is 17.2 Å². The third-order valence-corrected chi connectivity index (χ3v) is 7.18. The van der Waals surface area contributed by atoms with E-state index in [1.54, 1.807) is 17.5 Å². The van der Waals surface area contributed by atoms with Gasteiger partial charge in [-0.15, -0.1) is 11.3 Å². The predicted octanol–water partition coefficient (Wildman–Crippen LogP) is 3.97. The first kappa shape index (κ1) is 19.2. The molecule has 1 amide bonds. The second-order valence-electron chi connectivity index (χ2n) is 5.69. The Kier molecular flexibility index (Phi) is 5.67. The molecular weight excluding hydrogens is 392 g/mol. The van der Waals surface area contributed by atoms with E-state index in [4.69, 9.17) is 0 Å². The van der Waals surface area contributed by atoms with E-state index in [-0.39, 0.29) is 17.0 Å². The lowest BCUT2D eigenvalue weighted by Gasteiger charge is -2.17. The van der Waals surface area contributed by atoms with Crippen molar-refractivity contribution >= 4 is 27.1 Å². The number of carbonyl (C=O) groups is 1. The zero-order valence-electron chi connectivity index (χ0n) is 13.9. The first-order valence-corrected chi connectivity index (χ1v) is 10.4. The zero-order valence-corrected chi connectivity index (χ0v) is 15.6. The average molecular weight is 407 g/mol. The van der Waals surface area contributed by atoms with E-state index in [0.717, 1.165) is 18.2 Å². The summed E-state index contributed by atoms with van der Waals surface area (Å²) in [6.45, 7) is -0.243. The third kappa shape index (κ3) is 4.23. The van der Waals surface area contributed by atoms with Crippen LogP contribution in [-0.4, -0.2) is 20.9 Å². The highest BCUT2D eigenvalue weighted by Crippen LogP contribution is 2.31. The van der Waals surface area contributed by atoms with E-state index in [9.17, 15) is 22.0 Å². The molecule has 1 N–H and O–H groups in total. The lowest BCUT2D eigenvalue weighted by atomic mass is 10.2. The van der Waals surface area contributed by atoms with Crippen LogP contribution in [0.4, 0.5) is 8.78 Å². The van der Waals surface area contributed by atoms with Gasteiger partial charge < -0.3 is 5.32 Å². The number of thiophene rings is 1. The smallest absolute Gasteiger partial charge is 0.254 e. The zero-order chi connectivity index (χ0) is 19.4. The summed E-state index contributed by atoms with van der Waals surface area (Å²) in [6, 6.07) is 13.3. The molecule has 0 saturated carbocycles. The molecule has 3 rings (SSSR count). The van der Waals surface area contributed by atoms with Crippen molar-refractivity contribution in [1.82, 2.24) is 5.32 Å². The SMILES string of the molecule is O=C(NC[C@@H](c1cccs1)S(=O)(=O)c1ccc(F)cc1)c1ccccc1F. The molecule has 0 unspecified atom stereocenters.